The van der Waals surface area contributed by atoms with E-state index in [1.165, 1.54) is 6.07 Å². The number of hydrogen-bond acceptors (Lipinski definition) is 4. The van der Waals surface area contributed by atoms with Gasteiger partial charge in [-0.05, 0) is 12.1 Å². The first-order valence-electron chi connectivity index (χ1n) is 2.66. The number of aldehydes is 1. The first kappa shape index (κ1) is 8.42. The van der Waals surface area contributed by atoms with E-state index in [0.717, 1.165) is 11.3 Å². The van der Waals surface area contributed by atoms with Crippen LogP contribution in [-0.4, -0.2) is 12.3 Å². The zero-order valence-electron chi connectivity index (χ0n) is 5.24. The quantitative estimate of drug-likeness (QED) is 0.736. The largest absolute Gasteiger partial charge is 0.379 e. The first-order chi connectivity index (χ1) is 5.27. The standard InChI is InChI=1S/C6H3BrO3S/c7-10-6(9)5-2-1-4(3-8)11-5/h1-3H. The van der Waals surface area contributed by atoms with Crippen molar-refractivity contribution in [2.75, 3.05) is 0 Å². The summed E-state index contributed by atoms with van der Waals surface area (Å²) in [6, 6.07) is 3.11. The lowest BCUT2D eigenvalue weighted by Crippen LogP contribution is -1.92. The minimum absolute atomic E-state index is 0.406. The molecule has 0 atom stereocenters. The fourth-order valence-corrected chi connectivity index (χ4v) is 1.54. The Balaban J connectivity index is 2.88. The highest BCUT2D eigenvalue weighted by molar-refractivity contribution is 9.06. The summed E-state index contributed by atoms with van der Waals surface area (Å²) in [7, 11) is 0. The van der Waals surface area contributed by atoms with Gasteiger partial charge in [-0.15, -0.1) is 11.3 Å². The Morgan fingerprint density at radius 2 is 2.36 bits per heavy atom. The summed E-state index contributed by atoms with van der Waals surface area (Å²) >= 11 is 3.64. The van der Waals surface area contributed by atoms with Crippen molar-refractivity contribution in [1.29, 1.82) is 0 Å². The third kappa shape index (κ3) is 1.87. The molecule has 0 radical (unpaired) electrons. The number of thiophene rings is 1. The topological polar surface area (TPSA) is 43.4 Å². The molecule has 0 fully saturated rings. The van der Waals surface area contributed by atoms with Crippen LogP contribution >= 0.6 is 27.6 Å². The Hall–Kier alpha value is -0.680. The van der Waals surface area contributed by atoms with Crippen LogP contribution in [0.5, 0.6) is 0 Å². The molecule has 0 unspecified atom stereocenters. The van der Waals surface area contributed by atoms with E-state index in [9.17, 15) is 9.59 Å². The second kappa shape index (κ2) is 3.64. The monoisotopic (exact) mass is 234 g/mol. The maximum Gasteiger partial charge on any atom is 0.359 e. The van der Waals surface area contributed by atoms with E-state index in [4.69, 9.17) is 0 Å². The van der Waals surface area contributed by atoms with Gasteiger partial charge in [0.1, 0.15) is 4.88 Å². The summed E-state index contributed by atoms with van der Waals surface area (Å²) in [5.41, 5.74) is 0. The highest BCUT2D eigenvalue weighted by Crippen LogP contribution is 2.16. The molecule has 1 aromatic rings. The van der Waals surface area contributed by atoms with Crippen molar-refractivity contribution in [2.24, 2.45) is 0 Å². The zero-order chi connectivity index (χ0) is 8.27. The van der Waals surface area contributed by atoms with Crippen molar-refractivity contribution in [3.8, 4) is 0 Å². The molecule has 0 spiro atoms. The number of carbonyl (C=O) groups is 2. The Morgan fingerprint density at radius 1 is 1.64 bits per heavy atom. The van der Waals surface area contributed by atoms with E-state index in [1.807, 2.05) is 0 Å². The van der Waals surface area contributed by atoms with Gasteiger partial charge in [0.05, 0.1) is 4.88 Å². The average molecular weight is 235 g/mol. The molecule has 1 aromatic heterocycles. The Labute approximate surface area is 75.4 Å². The molecule has 0 saturated heterocycles. The lowest BCUT2D eigenvalue weighted by Gasteiger charge is -1.87. The summed E-state index contributed by atoms with van der Waals surface area (Å²) in [4.78, 5) is 21.9. The number of rotatable bonds is 2. The molecule has 58 valence electrons. The van der Waals surface area contributed by atoms with Crippen LogP contribution in [0.3, 0.4) is 0 Å². The van der Waals surface area contributed by atoms with Crippen molar-refractivity contribution in [2.45, 2.75) is 0 Å². The molecule has 0 N–H and O–H groups in total. The highest BCUT2D eigenvalue weighted by Gasteiger charge is 2.08. The normalized spacial score (nSPS) is 9.18. The molecule has 3 nitrogen and oxygen atoms in total. The summed E-state index contributed by atoms with van der Waals surface area (Å²) in [6.45, 7) is 0. The van der Waals surface area contributed by atoms with Gasteiger partial charge in [0, 0.05) is 0 Å². The van der Waals surface area contributed by atoms with Crippen LogP contribution in [0.15, 0.2) is 12.1 Å². The van der Waals surface area contributed by atoms with Crippen LogP contribution < -0.4 is 0 Å². The number of hydrogen-bond donors (Lipinski definition) is 0. The molecule has 0 saturated carbocycles. The fraction of sp³-hybridized carbons (Fsp3) is 0. The molecule has 0 bridgehead atoms. The lowest BCUT2D eigenvalue weighted by atomic mass is 10.4. The molecule has 11 heavy (non-hydrogen) atoms. The van der Waals surface area contributed by atoms with Crippen molar-refractivity contribution >= 4 is 39.9 Å². The van der Waals surface area contributed by atoms with Gasteiger partial charge in [0.2, 0.25) is 0 Å². The Kier molecular flexibility index (Phi) is 2.78. The van der Waals surface area contributed by atoms with E-state index < -0.39 is 5.97 Å². The zero-order valence-corrected chi connectivity index (χ0v) is 7.65. The third-order valence-electron chi connectivity index (χ3n) is 1.01. The maximum absolute atomic E-state index is 10.8. The van der Waals surface area contributed by atoms with Gasteiger partial charge < -0.3 is 3.83 Å². The van der Waals surface area contributed by atoms with E-state index in [2.05, 4.69) is 20.1 Å². The van der Waals surface area contributed by atoms with Gasteiger partial charge in [-0.3, -0.25) is 4.79 Å². The van der Waals surface area contributed by atoms with Crippen LogP contribution in [0.2, 0.25) is 0 Å². The van der Waals surface area contributed by atoms with Gasteiger partial charge in [-0.2, -0.15) is 0 Å². The summed E-state index contributed by atoms with van der Waals surface area (Å²) < 4.78 is 4.26. The van der Waals surface area contributed by atoms with Crippen LogP contribution in [-0.2, 0) is 3.83 Å². The smallest absolute Gasteiger partial charge is 0.359 e. The fourth-order valence-electron chi connectivity index (χ4n) is 0.564. The molecule has 0 aliphatic carbocycles. The Morgan fingerprint density at radius 3 is 2.82 bits per heavy atom. The lowest BCUT2D eigenvalue weighted by molar-refractivity contribution is 0.0786. The second-order valence-corrected chi connectivity index (χ2v) is 3.12. The van der Waals surface area contributed by atoms with E-state index in [0.29, 0.717) is 16.0 Å². The highest BCUT2D eigenvalue weighted by atomic mass is 79.9. The van der Waals surface area contributed by atoms with Gasteiger partial charge in [-0.1, -0.05) is 0 Å². The van der Waals surface area contributed by atoms with E-state index >= 15 is 0 Å². The summed E-state index contributed by atoms with van der Waals surface area (Å²) in [5.74, 6) is -0.483. The van der Waals surface area contributed by atoms with Gasteiger partial charge in [0.15, 0.2) is 22.5 Å². The van der Waals surface area contributed by atoms with Crippen LogP contribution in [0.25, 0.3) is 0 Å². The predicted octanol–water partition coefficient (Wildman–Crippen LogP) is 2.03. The maximum atomic E-state index is 10.8. The van der Waals surface area contributed by atoms with E-state index in [1.54, 1.807) is 6.07 Å². The predicted molar refractivity (Wildman–Crippen MR) is 44.0 cm³/mol. The van der Waals surface area contributed by atoms with Crippen LogP contribution in [0.1, 0.15) is 19.3 Å². The second-order valence-electron chi connectivity index (χ2n) is 1.68. The number of carbonyl (C=O) groups excluding carboxylic acids is 2. The first-order valence-corrected chi connectivity index (χ1v) is 4.12. The Bertz CT molecular complexity index is 281. The molecular weight excluding hydrogens is 232 g/mol. The van der Waals surface area contributed by atoms with Crippen LogP contribution in [0.4, 0.5) is 0 Å². The minimum atomic E-state index is -0.483. The SMILES string of the molecule is O=Cc1ccc(C(=O)OBr)s1. The average Bonchev–Trinajstić information content (AvgIpc) is 2.50. The molecule has 1 heterocycles. The third-order valence-corrected chi connectivity index (χ3v) is 2.30. The molecule has 1 rings (SSSR count). The van der Waals surface area contributed by atoms with Crippen molar-refractivity contribution in [1.82, 2.24) is 0 Å². The van der Waals surface area contributed by atoms with Crippen molar-refractivity contribution < 1.29 is 13.4 Å². The summed E-state index contributed by atoms with van der Waals surface area (Å²) in [6.07, 6.45) is 0.690. The molecular formula is C6H3BrO3S. The van der Waals surface area contributed by atoms with E-state index in [-0.39, 0.29) is 0 Å². The van der Waals surface area contributed by atoms with Gasteiger partial charge in [-0.25, -0.2) is 4.79 Å². The molecule has 0 aliphatic heterocycles. The van der Waals surface area contributed by atoms with Crippen LogP contribution in [0, 0.1) is 0 Å². The van der Waals surface area contributed by atoms with Gasteiger partial charge in [0.25, 0.3) is 0 Å². The molecule has 0 amide bonds. The molecule has 5 heteroatoms. The molecule has 0 aromatic carbocycles. The summed E-state index contributed by atoms with van der Waals surface area (Å²) in [5, 5.41) is 0. The van der Waals surface area contributed by atoms with Crippen molar-refractivity contribution in [3.63, 3.8) is 0 Å². The molecule has 0 aliphatic rings. The van der Waals surface area contributed by atoms with Crippen molar-refractivity contribution in [3.05, 3.63) is 21.9 Å². The van der Waals surface area contributed by atoms with Gasteiger partial charge >= 0.3 is 5.97 Å². The number of halogens is 1. The minimum Gasteiger partial charge on any atom is -0.379 e.